The van der Waals surface area contributed by atoms with Gasteiger partial charge in [0.1, 0.15) is 5.25 Å². The Balaban J connectivity index is 2.05. The molecule has 2 atom stereocenters. The lowest BCUT2D eigenvalue weighted by Gasteiger charge is -2.29. The highest BCUT2D eigenvalue weighted by Crippen LogP contribution is 2.41. The summed E-state index contributed by atoms with van der Waals surface area (Å²) in [5.74, 6) is -1.28. The average molecular weight is 316 g/mol. The Kier molecular flexibility index (Phi) is 4.07. The van der Waals surface area contributed by atoms with Crippen LogP contribution in [-0.4, -0.2) is 31.4 Å². The Morgan fingerprint density at radius 2 is 1.68 bits per heavy atom. The Bertz CT molecular complexity index is 678. The van der Waals surface area contributed by atoms with E-state index in [2.05, 4.69) is 12.1 Å². The normalized spacial score (nSPS) is 20.3. The molecule has 0 saturated heterocycles. The fourth-order valence-electron chi connectivity index (χ4n) is 2.79. The second-order valence-corrected chi connectivity index (χ2v) is 6.39. The van der Waals surface area contributed by atoms with Gasteiger partial charge in [0.2, 0.25) is 0 Å². The Morgan fingerprint density at radius 1 is 1.05 bits per heavy atom. The van der Waals surface area contributed by atoms with Gasteiger partial charge in [-0.2, -0.15) is 0 Å². The summed E-state index contributed by atoms with van der Waals surface area (Å²) in [6.45, 7) is 0. The van der Waals surface area contributed by atoms with E-state index in [0.29, 0.717) is 6.42 Å². The first-order chi connectivity index (χ1) is 10.6. The monoisotopic (exact) mass is 316 g/mol. The van der Waals surface area contributed by atoms with E-state index in [0.717, 1.165) is 21.2 Å². The van der Waals surface area contributed by atoms with Crippen LogP contribution >= 0.6 is 11.8 Å². The van der Waals surface area contributed by atoms with E-state index in [1.165, 1.54) is 26.0 Å². The second-order valence-electron chi connectivity index (χ2n) is 5.20. The predicted octanol–water partition coefficient (Wildman–Crippen LogP) is 2.82. The number of methoxy groups -OCH3 is 2. The highest BCUT2D eigenvalue weighted by Gasteiger charge is 2.40. The van der Waals surface area contributed by atoms with Crippen molar-refractivity contribution in [3.63, 3.8) is 0 Å². The first kappa shape index (κ1) is 14.9. The Labute approximate surface area is 132 Å². The third-order valence-electron chi connectivity index (χ3n) is 3.93. The molecule has 1 aliphatic heterocycles. The van der Waals surface area contributed by atoms with E-state index < -0.39 is 11.2 Å². The number of hydrogen-bond acceptors (Lipinski definition) is 5. The Hall–Kier alpha value is -2.01. The molecule has 1 heterocycles. The van der Waals surface area contributed by atoms with Crippen LogP contribution < -0.4 is 0 Å². The summed E-state index contributed by atoms with van der Waals surface area (Å²) in [7, 11) is 2.68. The molecule has 0 fully saturated rings. The van der Waals surface area contributed by atoms with E-state index >= 15 is 0 Å². The van der Waals surface area contributed by atoms with Crippen LogP contribution in [0.4, 0.5) is 0 Å². The summed E-state index contributed by atoms with van der Waals surface area (Å²) in [6, 6.07) is 12.2. The molecule has 0 amide bonds. The molecular formula is C17H16O4S. The van der Waals surface area contributed by atoms with Crippen molar-refractivity contribution in [2.45, 2.75) is 16.6 Å². The van der Waals surface area contributed by atoms with Gasteiger partial charge in [-0.3, -0.25) is 9.59 Å². The van der Waals surface area contributed by atoms with Crippen molar-refractivity contribution >= 4 is 34.5 Å². The maximum absolute atomic E-state index is 12.0. The van der Waals surface area contributed by atoms with Crippen molar-refractivity contribution in [1.29, 1.82) is 0 Å². The van der Waals surface area contributed by atoms with Gasteiger partial charge >= 0.3 is 11.9 Å². The summed E-state index contributed by atoms with van der Waals surface area (Å²) in [5, 5.41) is 1.68. The van der Waals surface area contributed by atoms with Crippen LogP contribution in [-0.2, 0) is 25.5 Å². The molecule has 0 aromatic heterocycles. The zero-order chi connectivity index (χ0) is 15.7. The molecule has 0 spiro atoms. The summed E-state index contributed by atoms with van der Waals surface area (Å²) >= 11 is 1.38. The number of thioether (sulfide) groups is 1. The van der Waals surface area contributed by atoms with Crippen molar-refractivity contribution in [2.75, 3.05) is 14.2 Å². The van der Waals surface area contributed by atoms with E-state index in [-0.39, 0.29) is 11.9 Å². The van der Waals surface area contributed by atoms with Crippen LogP contribution in [0.5, 0.6) is 0 Å². The molecule has 5 heteroatoms. The second kappa shape index (κ2) is 6.01. The van der Waals surface area contributed by atoms with Gasteiger partial charge in [-0.05, 0) is 28.8 Å². The summed E-state index contributed by atoms with van der Waals surface area (Å²) < 4.78 is 9.71. The van der Waals surface area contributed by atoms with Crippen LogP contribution in [0.2, 0.25) is 0 Å². The van der Waals surface area contributed by atoms with Crippen LogP contribution in [0, 0.1) is 5.92 Å². The van der Waals surface area contributed by atoms with Gasteiger partial charge in [-0.25, -0.2) is 0 Å². The first-order valence-corrected chi connectivity index (χ1v) is 7.86. The molecule has 0 aliphatic carbocycles. The zero-order valence-electron chi connectivity index (χ0n) is 12.4. The van der Waals surface area contributed by atoms with Crippen molar-refractivity contribution < 1.29 is 19.1 Å². The smallest absolute Gasteiger partial charge is 0.320 e. The number of fused-ring (bicyclic) bond motifs is 2. The van der Waals surface area contributed by atoms with Gasteiger partial charge in [0.25, 0.3) is 0 Å². The van der Waals surface area contributed by atoms with Crippen molar-refractivity contribution in [3.8, 4) is 0 Å². The maximum atomic E-state index is 12.0. The first-order valence-electron chi connectivity index (χ1n) is 6.98. The van der Waals surface area contributed by atoms with Gasteiger partial charge < -0.3 is 9.47 Å². The highest BCUT2D eigenvalue weighted by molar-refractivity contribution is 8.00. The molecule has 2 aromatic rings. The third-order valence-corrected chi connectivity index (χ3v) is 5.33. The lowest BCUT2D eigenvalue weighted by atomic mass is 9.93. The molecule has 22 heavy (non-hydrogen) atoms. The van der Waals surface area contributed by atoms with Crippen LogP contribution in [0.1, 0.15) is 5.56 Å². The van der Waals surface area contributed by atoms with Gasteiger partial charge in [0, 0.05) is 4.90 Å². The minimum Gasteiger partial charge on any atom is -0.469 e. The lowest BCUT2D eigenvalue weighted by molar-refractivity contribution is -0.151. The number of esters is 2. The molecule has 0 unspecified atom stereocenters. The molecule has 3 rings (SSSR count). The van der Waals surface area contributed by atoms with E-state index in [9.17, 15) is 9.59 Å². The number of ether oxygens (including phenoxy) is 2. The fourth-order valence-corrected chi connectivity index (χ4v) is 4.11. The zero-order valence-corrected chi connectivity index (χ0v) is 13.2. The third kappa shape index (κ3) is 2.57. The molecule has 1 aliphatic rings. The summed E-state index contributed by atoms with van der Waals surface area (Å²) in [4.78, 5) is 25.1. The van der Waals surface area contributed by atoms with E-state index in [1.807, 2.05) is 24.3 Å². The van der Waals surface area contributed by atoms with Gasteiger partial charge in [-0.1, -0.05) is 30.3 Å². The van der Waals surface area contributed by atoms with Gasteiger partial charge in [0.05, 0.1) is 20.1 Å². The minimum atomic E-state index is -0.564. The number of rotatable bonds is 2. The molecule has 0 radical (unpaired) electrons. The maximum Gasteiger partial charge on any atom is 0.320 e. The fraction of sp³-hybridized carbons (Fsp3) is 0.294. The molecule has 0 N–H and O–H groups in total. The van der Waals surface area contributed by atoms with Gasteiger partial charge in [-0.15, -0.1) is 11.8 Å². The molecule has 2 aromatic carbocycles. The predicted molar refractivity (Wildman–Crippen MR) is 84.8 cm³/mol. The van der Waals surface area contributed by atoms with Crippen molar-refractivity contribution in [3.05, 3.63) is 42.0 Å². The molecule has 114 valence electrons. The summed E-state index contributed by atoms with van der Waals surface area (Å²) in [6.07, 6.45) is 0.486. The molecule has 0 bridgehead atoms. The number of hydrogen-bond donors (Lipinski definition) is 0. The average Bonchev–Trinajstić information content (AvgIpc) is 2.57. The number of carbonyl (C=O) groups is 2. The standard InChI is InChI=1S/C17H16O4S/c1-20-16(18)13-8-12-7-10-5-3-4-6-11(10)9-14(12)22-15(13)17(19)21-2/h3-7,9,13,15H,8H2,1-2H3/t13-,15-/m0/s1. The topological polar surface area (TPSA) is 52.6 Å². The van der Waals surface area contributed by atoms with Crippen molar-refractivity contribution in [1.82, 2.24) is 0 Å². The van der Waals surface area contributed by atoms with Crippen LogP contribution in [0.25, 0.3) is 10.8 Å². The lowest BCUT2D eigenvalue weighted by Crippen LogP contribution is -2.38. The minimum absolute atomic E-state index is 0.373. The van der Waals surface area contributed by atoms with E-state index in [1.54, 1.807) is 0 Å². The highest BCUT2D eigenvalue weighted by atomic mass is 32.2. The number of benzene rings is 2. The van der Waals surface area contributed by atoms with Crippen molar-refractivity contribution in [2.24, 2.45) is 5.92 Å². The molecule has 0 saturated carbocycles. The largest absolute Gasteiger partial charge is 0.469 e. The van der Waals surface area contributed by atoms with Crippen LogP contribution in [0.15, 0.2) is 41.3 Å². The SMILES string of the molecule is COC(=O)[C@H]1Cc2cc3ccccc3cc2S[C@@H]1C(=O)OC. The van der Waals surface area contributed by atoms with E-state index in [4.69, 9.17) is 9.47 Å². The van der Waals surface area contributed by atoms with Crippen LogP contribution in [0.3, 0.4) is 0 Å². The number of carbonyl (C=O) groups excluding carboxylic acids is 2. The summed E-state index contributed by atoms with van der Waals surface area (Å²) in [5.41, 5.74) is 1.07. The molecular weight excluding hydrogens is 300 g/mol. The van der Waals surface area contributed by atoms with Gasteiger partial charge in [0.15, 0.2) is 0 Å². The quantitative estimate of drug-likeness (QED) is 0.798. The molecule has 4 nitrogen and oxygen atoms in total. The Morgan fingerprint density at radius 3 is 2.32 bits per heavy atom.